The number of fused-ring (bicyclic) bond motifs is 1. The average Bonchev–Trinajstić information content (AvgIpc) is 2.61. The molecule has 0 fully saturated rings. The van der Waals surface area contributed by atoms with E-state index in [1.807, 2.05) is 6.07 Å². The largest absolute Gasteiger partial charge is 0.395 e. The van der Waals surface area contributed by atoms with Crippen molar-refractivity contribution < 1.29 is 5.11 Å². The Bertz CT molecular complexity index is 396. The number of nitrogens with one attached hydrogen (secondary N) is 1. The molecule has 3 heteroatoms. The third kappa shape index (κ3) is 1.82. The lowest BCUT2D eigenvalue weighted by molar-refractivity contribution is 0.311. The van der Waals surface area contributed by atoms with Crippen LogP contribution >= 0.6 is 11.3 Å². The third-order valence-corrected chi connectivity index (χ3v) is 2.78. The Labute approximate surface area is 80.8 Å². The van der Waals surface area contributed by atoms with Gasteiger partial charge >= 0.3 is 0 Å². The van der Waals surface area contributed by atoms with Crippen molar-refractivity contribution in [2.45, 2.75) is 0 Å². The molecule has 2 nitrogen and oxygen atoms in total. The zero-order valence-corrected chi connectivity index (χ0v) is 7.97. The molecule has 68 valence electrons. The summed E-state index contributed by atoms with van der Waals surface area (Å²) in [6, 6.07) is 8.34. The number of thiophene rings is 1. The first-order valence-corrected chi connectivity index (χ1v) is 5.10. The maximum atomic E-state index is 8.64. The van der Waals surface area contributed by atoms with E-state index in [-0.39, 0.29) is 6.61 Å². The fraction of sp³-hybridized carbons (Fsp3) is 0.200. The van der Waals surface area contributed by atoms with Crippen molar-refractivity contribution >= 4 is 27.1 Å². The van der Waals surface area contributed by atoms with Crippen molar-refractivity contribution in [2.75, 3.05) is 18.5 Å². The first kappa shape index (κ1) is 8.53. The van der Waals surface area contributed by atoms with Gasteiger partial charge in [-0.15, -0.1) is 11.3 Å². The van der Waals surface area contributed by atoms with Crippen molar-refractivity contribution in [1.29, 1.82) is 0 Å². The number of hydrogen-bond acceptors (Lipinski definition) is 3. The van der Waals surface area contributed by atoms with E-state index in [4.69, 9.17) is 5.11 Å². The highest BCUT2D eigenvalue weighted by atomic mass is 32.1. The monoisotopic (exact) mass is 193 g/mol. The number of benzene rings is 1. The van der Waals surface area contributed by atoms with Crippen molar-refractivity contribution in [3.05, 3.63) is 29.6 Å². The lowest BCUT2D eigenvalue weighted by Gasteiger charge is -2.03. The second-order valence-corrected chi connectivity index (χ2v) is 3.77. The van der Waals surface area contributed by atoms with Crippen LogP contribution in [0.5, 0.6) is 0 Å². The van der Waals surface area contributed by atoms with Gasteiger partial charge in [0.25, 0.3) is 0 Å². The molecule has 2 N–H and O–H groups in total. The van der Waals surface area contributed by atoms with Crippen LogP contribution in [-0.2, 0) is 0 Å². The number of hydrogen-bond donors (Lipinski definition) is 2. The molecular weight excluding hydrogens is 182 g/mol. The predicted octanol–water partition coefficient (Wildman–Crippen LogP) is 2.31. The maximum absolute atomic E-state index is 8.64. The normalized spacial score (nSPS) is 10.5. The number of aliphatic hydroxyl groups is 1. The summed E-state index contributed by atoms with van der Waals surface area (Å²) >= 11 is 1.73. The molecule has 2 rings (SSSR count). The molecule has 0 amide bonds. The maximum Gasteiger partial charge on any atom is 0.0604 e. The highest BCUT2D eigenvalue weighted by molar-refractivity contribution is 7.17. The Morgan fingerprint density at radius 1 is 1.31 bits per heavy atom. The Morgan fingerprint density at radius 2 is 2.23 bits per heavy atom. The molecule has 2 aromatic rings. The van der Waals surface area contributed by atoms with Crippen molar-refractivity contribution in [2.24, 2.45) is 0 Å². The second-order valence-electron chi connectivity index (χ2n) is 2.82. The van der Waals surface area contributed by atoms with Crippen molar-refractivity contribution in [1.82, 2.24) is 0 Å². The molecule has 13 heavy (non-hydrogen) atoms. The van der Waals surface area contributed by atoms with Crippen LogP contribution in [0.15, 0.2) is 29.6 Å². The summed E-state index contributed by atoms with van der Waals surface area (Å²) in [6.45, 7) is 0.777. The molecule has 0 bridgehead atoms. The predicted molar refractivity (Wildman–Crippen MR) is 57.4 cm³/mol. The first-order chi connectivity index (χ1) is 6.40. The smallest absolute Gasteiger partial charge is 0.0604 e. The summed E-state index contributed by atoms with van der Waals surface area (Å²) in [5, 5.41) is 15.1. The standard InChI is InChI=1S/C10H11NOS/c12-5-4-11-9-2-1-8-3-6-13-10(8)7-9/h1-3,6-7,11-12H,4-5H2. The minimum Gasteiger partial charge on any atom is -0.395 e. The molecule has 0 aliphatic heterocycles. The van der Waals surface area contributed by atoms with E-state index < -0.39 is 0 Å². The van der Waals surface area contributed by atoms with Gasteiger partial charge in [-0.2, -0.15) is 0 Å². The summed E-state index contributed by atoms with van der Waals surface area (Å²) in [5.74, 6) is 0. The van der Waals surface area contributed by atoms with Crippen LogP contribution in [0.1, 0.15) is 0 Å². The van der Waals surface area contributed by atoms with Gasteiger partial charge in [-0.05, 0) is 29.0 Å². The minimum absolute atomic E-state index is 0.169. The minimum atomic E-state index is 0.169. The summed E-state index contributed by atoms with van der Waals surface area (Å²) in [6.07, 6.45) is 0. The fourth-order valence-corrected chi connectivity index (χ4v) is 2.09. The van der Waals surface area contributed by atoms with Gasteiger partial charge in [0.1, 0.15) is 0 Å². The Kier molecular flexibility index (Phi) is 2.47. The Morgan fingerprint density at radius 3 is 3.08 bits per heavy atom. The zero-order chi connectivity index (χ0) is 9.10. The first-order valence-electron chi connectivity index (χ1n) is 4.22. The second kappa shape index (κ2) is 3.77. The van der Waals surface area contributed by atoms with Crippen LogP contribution in [0.25, 0.3) is 10.1 Å². The Balaban J connectivity index is 2.26. The van der Waals surface area contributed by atoms with Gasteiger partial charge in [-0.25, -0.2) is 0 Å². The van der Waals surface area contributed by atoms with E-state index >= 15 is 0 Å². The summed E-state index contributed by atoms with van der Waals surface area (Å²) in [7, 11) is 0. The molecule has 0 radical (unpaired) electrons. The Hall–Kier alpha value is -1.06. The van der Waals surface area contributed by atoms with Crippen LogP contribution in [0.2, 0.25) is 0 Å². The van der Waals surface area contributed by atoms with E-state index in [9.17, 15) is 0 Å². The number of aliphatic hydroxyl groups excluding tert-OH is 1. The molecule has 0 unspecified atom stereocenters. The van der Waals surface area contributed by atoms with Gasteiger partial charge in [0.15, 0.2) is 0 Å². The van der Waals surface area contributed by atoms with E-state index in [0.717, 1.165) is 5.69 Å². The quantitative estimate of drug-likeness (QED) is 0.784. The average molecular weight is 193 g/mol. The highest BCUT2D eigenvalue weighted by Crippen LogP contribution is 2.23. The molecule has 1 heterocycles. The topological polar surface area (TPSA) is 32.3 Å². The van der Waals surface area contributed by atoms with E-state index in [2.05, 4.69) is 28.9 Å². The van der Waals surface area contributed by atoms with Crippen LogP contribution < -0.4 is 5.32 Å². The van der Waals surface area contributed by atoms with Gasteiger partial charge in [0.2, 0.25) is 0 Å². The molecular formula is C10H11NOS. The van der Waals surface area contributed by atoms with Crippen LogP contribution in [0.3, 0.4) is 0 Å². The lowest BCUT2D eigenvalue weighted by atomic mass is 10.2. The van der Waals surface area contributed by atoms with Crippen LogP contribution in [0, 0.1) is 0 Å². The highest BCUT2D eigenvalue weighted by Gasteiger charge is 1.95. The number of anilines is 1. The summed E-state index contributed by atoms with van der Waals surface area (Å²) in [5.41, 5.74) is 1.07. The third-order valence-electron chi connectivity index (χ3n) is 1.90. The SMILES string of the molecule is OCCNc1ccc2ccsc2c1. The van der Waals surface area contributed by atoms with Crippen LogP contribution in [0.4, 0.5) is 5.69 Å². The van der Waals surface area contributed by atoms with E-state index in [0.29, 0.717) is 6.54 Å². The van der Waals surface area contributed by atoms with Gasteiger partial charge in [-0.1, -0.05) is 6.07 Å². The van der Waals surface area contributed by atoms with Crippen molar-refractivity contribution in [3.8, 4) is 0 Å². The molecule has 0 saturated carbocycles. The summed E-state index contributed by atoms with van der Waals surface area (Å²) in [4.78, 5) is 0. The molecule has 1 aromatic heterocycles. The van der Waals surface area contributed by atoms with Crippen molar-refractivity contribution in [3.63, 3.8) is 0 Å². The lowest BCUT2D eigenvalue weighted by Crippen LogP contribution is -2.04. The summed E-state index contributed by atoms with van der Waals surface area (Å²) < 4.78 is 1.28. The zero-order valence-electron chi connectivity index (χ0n) is 7.16. The van der Waals surface area contributed by atoms with Gasteiger partial charge in [-0.3, -0.25) is 0 Å². The number of rotatable bonds is 3. The molecule has 0 aliphatic carbocycles. The van der Waals surface area contributed by atoms with E-state index in [1.54, 1.807) is 11.3 Å². The molecule has 1 aromatic carbocycles. The fourth-order valence-electron chi connectivity index (χ4n) is 1.26. The van der Waals surface area contributed by atoms with Gasteiger partial charge < -0.3 is 10.4 Å². The molecule has 0 aliphatic rings. The van der Waals surface area contributed by atoms with E-state index in [1.165, 1.54) is 10.1 Å². The molecule has 0 spiro atoms. The van der Waals surface area contributed by atoms with Crippen LogP contribution in [-0.4, -0.2) is 18.3 Å². The van der Waals surface area contributed by atoms with Gasteiger partial charge in [0.05, 0.1) is 6.61 Å². The van der Waals surface area contributed by atoms with Gasteiger partial charge in [0, 0.05) is 16.9 Å². The molecule has 0 saturated heterocycles. The molecule has 0 atom stereocenters.